The van der Waals surface area contributed by atoms with Gasteiger partial charge in [-0.3, -0.25) is 9.59 Å². The first kappa shape index (κ1) is 10.3. The zero-order valence-electron chi connectivity index (χ0n) is 7.33. The molecule has 0 aromatic carbocycles. The molecule has 0 unspecified atom stereocenters. The van der Waals surface area contributed by atoms with Crippen LogP contribution in [0.15, 0.2) is 12.2 Å². The third-order valence-corrected chi connectivity index (χ3v) is 2.51. The fourth-order valence-electron chi connectivity index (χ4n) is 1.48. The molecule has 0 aromatic rings. The van der Waals surface area contributed by atoms with Gasteiger partial charge in [-0.15, -0.1) is 0 Å². The van der Waals surface area contributed by atoms with E-state index in [4.69, 9.17) is 11.6 Å². The van der Waals surface area contributed by atoms with Crippen LogP contribution < -0.4 is 0 Å². The van der Waals surface area contributed by atoms with Gasteiger partial charge < -0.3 is 4.74 Å². The third kappa shape index (κ3) is 2.31. The number of carbonyl (C=O) groups is 2. The van der Waals surface area contributed by atoms with E-state index in [1.54, 1.807) is 0 Å². The summed E-state index contributed by atoms with van der Waals surface area (Å²) in [6.07, 6.45) is 4.81. The van der Waals surface area contributed by atoms with Crippen LogP contribution >= 0.6 is 11.6 Å². The molecule has 0 radical (unpaired) electrons. The Hall–Kier alpha value is -0.830. The molecule has 0 bridgehead atoms. The van der Waals surface area contributed by atoms with Crippen LogP contribution in [0, 0.1) is 11.8 Å². The number of hydrogen-bond acceptors (Lipinski definition) is 3. The van der Waals surface area contributed by atoms with Crippen molar-refractivity contribution in [3.63, 3.8) is 0 Å². The highest BCUT2D eigenvalue weighted by atomic mass is 35.5. The van der Waals surface area contributed by atoms with Gasteiger partial charge in [0.1, 0.15) is 0 Å². The molecular weight excluding hydrogens is 192 g/mol. The van der Waals surface area contributed by atoms with Gasteiger partial charge in [-0.25, -0.2) is 0 Å². The van der Waals surface area contributed by atoms with Gasteiger partial charge in [0.2, 0.25) is 5.24 Å². The number of halogens is 1. The molecule has 0 heterocycles. The minimum absolute atomic E-state index is 0.358. The molecule has 0 saturated heterocycles. The molecule has 0 fully saturated rings. The van der Waals surface area contributed by atoms with Crippen molar-refractivity contribution >= 4 is 22.8 Å². The second-order valence-electron chi connectivity index (χ2n) is 2.98. The van der Waals surface area contributed by atoms with Crippen LogP contribution in [-0.2, 0) is 14.3 Å². The van der Waals surface area contributed by atoms with Gasteiger partial charge in [0.25, 0.3) is 0 Å². The minimum Gasteiger partial charge on any atom is -0.469 e. The van der Waals surface area contributed by atoms with Crippen LogP contribution in [0.5, 0.6) is 0 Å². The molecule has 13 heavy (non-hydrogen) atoms. The van der Waals surface area contributed by atoms with E-state index in [0.29, 0.717) is 12.8 Å². The lowest BCUT2D eigenvalue weighted by molar-refractivity contribution is -0.149. The standard InChI is InChI=1S/C9H11ClO3/c1-13-9(12)7-5-3-2-4-6(7)8(10)11/h2-3,6-7H,4-5H2,1H3/t6-,7+/m0/s1. The number of allylic oxidation sites excluding steroid dienone is 2. The fraction of sp³-hybridized carbons (Fsp3) is 0.556. The number of rotatable bonds is 2. The second-order valence-corrected chi connectivity index (χ2v) is 3.36. The smallest absolute Gasteiger partial charge is 0.309 e. The van der Waals surface area contributed by atoms with Gasteiger partial charge in [-0.1, -0.05) is 12.2 Å². The highest BCUT2D eigenvalue weighted by molar-refractivity contribution is 6.64. The lowest BCUT2D eigenvalue weighted by atomic mass is 9.84. The average Bonchev–Trinajstić information content (AvgIpc) is 2.16. The SMILES string of the molecule is COC(=O)[C@@H]1CC=CC[C@@H]1C(=O)Cl. The van der Waals surface area contributed by atoms with Gasteiger partial charge >= 0.3 is 5.97 Å². The van der Waals surface area contributed by atoms with E-state index in [0.717, 1.165) is 0 Å². The van der Waals surface area contributed by atoms with Crippen LogP contribution in [0.4, 0.5) is 0 Å². The van der Waals surface area contributed by atoms with Crippen LogP contribution in [0.1, 0.15) is 12.8 Å². The highest BCUT2D eigenvalue weighted by Gasteiger charge is 2.33. The summed E-state index contributed by atoms with van der Waals surface area (Å²) in [5, 5.41) is -0.459. The van der Waals surface area contributed by atoms with Crippen molar-refractivity contribution in [3.8, 4) is 0 Å². The largest absolute Gasteiger partial charge is 0.469 e. The Kier molecular flexibility index (Phi) is 3.48. The molecule has 0 amide bonds. The molecule has 1 aliphatic rings. The normalized spacial score (nSPS) is 26.9. The number of methoxy groups -OCH3 is 1. The van der Waals surface area contributed by atoms with Crippen molar-refractivity contribution in [2.75, 3.05) is 7.11 Å². The van der Waals surface area contributed by atoms with Gasteiger partial charge in [-0.2, -0.15) is 0 Å². The lowest BCUT2D eigenvalue weighted by Crippen LogP contribution is -2.29. The summed E-state index contributed by atoms with van der Waals surface area (Å²) < 4.78 is 4.59. The van der Waals surface area contributed by atoms with E-state index in [2.05, 4.69) is 4.74 Å². The van der Waals surface area contributed by atoms with Crippen molar-refractivity contribution in [2.24, 2.45) is 11.8 Å². The van der Waals surface area contributed by atoms with Gasteiger partial charge in [0.05, 0.1) is 18.9 Å². The number of carbonyl (C=O) groups excluding carboxylic acids is 2. The van der Waals surface area contributed by atoms with Crippen LogP contribution in [0.2, 0.25) is 0 Å². The maximum Gasteiger partial charge on any atom is 0.309 e. The van der Waals surface area contributed by atoms with Crippen molar-refractivity contribution in [2.45, 2.75) is 12.8 Å². The number of ether oxygens (including phenoxy) is 1. The Balaban J connectivity index is 2.75. The zero-order valence-corrected chi connectivity index (χ0v) is 8.08. The van der Waals surface area contributed by atoms with Crippen LogP contribution in [0.25, 0.3) is 0 Å². The first-order valence-electron chi connectivity index (χ1n) is 4.09. The van der Waals surface area contributed by atoms with Crippen LogP contribution in [-0.4, -0.2) is 18.3 Å². The molecular formula is C9H11ClO3. The molecule has 72 valence electrons. The monoisotopic (exact) mass is 202 g/mol. The van der Waals surface area contributed by atoms with Crippen molar-refractivity contribution in [1.29, 1.82) is 0 Å². The number of hydrogen-bond donors (Lipinski definition) is 0. The predicted octanol–water partition coefficient (Wildman–Crippen LogP) is 1.51. The molecule has 0 saturated carbocycles. The highest BCUT2D eigenvalue weighted by Crippen LogP contribution is 2.28. The van der Waals surface area contributed by atoms with E-state index in [1.165, 1.54) is 7.11 Å². The average molecular weight is 203 g/mol. The number of esters is 1. The fourth-order valence-corrected chi connectivity index (χ4v) is 1.72. The van der Waals surface area contributed by atoms with Crippen molar-refractivity contribution in [3.05, 3.63) is 12.2 Å². The summed E-state index contributed by atoms with van der Waals surface area (Å²) in [7, 11) is 1.32. The predicted molar refractivity (Wildman–Crippen MR) is 48.2 cm³/mol. The summed E-state index contributed by atoms with van der Waals surface area (Å²) >= 11 is 5.37. The van der Waals surface area contributed by atoms with Gasteiger partial charge in [-0.05, 0) is 24.4 Å². The third-order valence-electron chi connectivity index (χ3n) is 2.23. The topological polar surface area (TPSA) is 43.4 Å². The van der Waals surface area contributed by atoms with Crippen molar-refractivity contribution in [1.82, 2.24) is 0 Å². The minimum atomic E-state index is -0.459. The quantitative estimate of drug-likeness (QED) is 0.387. The molecule has 0 aromatic heterocycles. The summed E-state index contributed by atoms with van der Waals surface area (Å²) in [4.78, 5) is 22.2. The maximum atomic E-state index is 11.2. The maximum absolute atomic E-state index is 11.2. The Labute approximate surface area is 81.7 Å². The first-order valence-corrected chi connectivity index (χ1v) is 4.46. The molecule has 4 heteroatoms. The van der Waals surface area contributed by atoms with Crippen molar-refractivity contribution < 1.29 is 14.3 Å². The summed E-state index contributed by atoms with van der Waals surface area (Å²) in [5.41, 5.74) is 0. The van der Waals surface area contributed by atoms with E-state index < -0.39 is 17.1 Å². The lowest BCUT2D eigenvalue weighted by Gasteiger charge is -2.22. The summed E-state index contributed by atoms with van der Waals surface area (Å²) in [5.74, 6) is -1.18. The van der Waals surface area contributed by atoms with E-state index in [-0.39, 0.29) is 5.97 Å². The molecule has 0 N–H and O–H groups in total. The van der Waals surface area contributed by atoms with Crippen LogP contribution in [0.3, 0.4) is 0 Å². The van der Waals surface area contributed by atoms with Gasteiger partial charge in [0, 0.05) is 0 Å². The summed E-state index contributed by atoms with van der Waals surface area (Å²) in [6.45, 7) is 0. The van der Waals surface area contributed by atoms with E-state index >= 15 is 0 Å². The molecule has 3 nitrogen and oxygen atoms in total. The Morgan fingerprint density at radius 2 is 1.85 bits per heavy atom. The molecule has 0 spiro atoms. The molecule has 1 aliphatic carbocycles. The zero-order chi connectivity index (χ0) is 9.84. The van der Waals surface area contributed by atoms with Gasteiger partial charge in [0.15, 0.2) is 0 Å². The first-order chi connectivity index (χ1) is 6.16. The molecule has 0 aliphatic heterocycles. The molecule has 1 rings (SSSR count). The Bertz CT molecular complexity index is 247. The molecule has 2 atom stereocenters. The second kappa shape index (κ2) is 4.42. The van der Waals surface area contributed by atoms with E-state index in [1.807, 2.05) is 12.2 Å². The summed E-state index contributed by atoms with van der Waals surface area (Å²) in [6, 6.07) is 0. The Morgan fingerprint density at radius 3 is 2.31 bits per heavy atom. The van der Waals surface area contributed by atoms with E-state index in [9.17, 15) is 9.59 Å². The Morgan fingerprint density at radius 1 is 1.31 bits per heavy atom.